The number of halogens is 1. The van der Waals surface area contributed by atoms with Gasteiger partial charge >= 0.3 is 0 Å². The first-order valence-corrected chi connectivity index (χ1v) is 6.90. The Hall–Kier alpha value is -2.48. The molecule has 0 fully saturated rings. The third-order valence-electron chi connectivity index (χ3n) is 2.44. The number of nitro groups is 1. The third kappa shape index (κ3) is 2.91. The summed E-state index contributed by atoms with van der Waals surface area (Å²) in [6, 6.07) is 10.3. The van der Waals surface area contributed by atoms with E-state index in [9.17, 15) is 22.9 Å². The van der Waals surface area contributed by atoms with E-state index in [1.807, 2.05) is 0 Å². The van der Waals surface area contributed by atoms with Crippen molar-refractivity contribution in [2.24, 2.45) is 0 Å². The van der Waals surface area contributed by atoms with E-state index in [-0.39, 0.29) is 5.69 Å². The Bertz CT molecular complexity index is 747. The Kier molecular flexibility index (Phi) is 3.66. The molecule has 0 unspecified atom stereocenters. The summed E-state index contributed by atoms with van der Waals surface area (Å²) in [4.78, 5) is 9.03. The highest BCUT2D eigenvalue weighted by Gasteiger charge is 2.21. The number of sulfonamides is 1. The van der Waals surface area contributed by atoms with Crippen LogP contribution in [0.15, 0.2) is 53.4 Å². The summed E-state index contributed by atoms with van der Waals surface area (Å²) in [5, 5.41) is 10.5. The van der Waals surface area contributed by atoms with E-state index in [1.54, 1.807) is 18.2 Å². The number of benzene rings is 2. The standard InChI is InChI=1S/C12H9FN2O4S/c13-11-8-10(15(16)17)6-7-12(11)20(18,19)14-9-4-2-1-3-5-9/h1-8,14H. The topological polar surface area (TPSA) is 89.3 Å². The second-order valence-corrected chi connectivity index (χ2v) is 5.49. The molecule has 0 spiro atoms. The lowest BCUT2D eigenvalue weighted by atomic mass is 10.3. The van der Waals surface area contributed by atoms with Gasteiger partial charge in [-0.15, -0.1) is 0 Å². The zero-order valence-electron chi connectivity index (χ0n) is 9.99. The molecule has 0 bridgehead atoms. The van der Waals surface area contributed by atoms with Crippen molar-refractivity contribution in [3.8, 4) is 0 Å². The fourth-order valence-electron chi connectivity index (χ4n) is 1.54. The van der Waals surface area contributed by atoms with Gasteiger partial charge in [-0.1, -0.05) is 18.2 Å². The second kappa shape index (κ2) is 5.25. The van der Waals surface area contributed by atoms with Crippen molar-refractivity contribution in [2.75, 3.05) is 4.72 Å². The van der Waals surface area contributed by atoms with Crippen LogP contribution in [0.3, 0.4) is 0 Å². The van der Waals surface area contributed by atoms with Crippen LogP contribution in [-0.2, 0) is 10.0 Å². The molecule has 1 N–H and O–H groups in total. The molecule has 0 aliphatic carbocycles. The quantitative estimate of drug-likeness (QED) is 0.693. The lowest BCUT2D eigenvalue weighted by molar-refractivity contribution is -0.385. The average molecular weight is 296 g/mol. The largest absolute Gasteiger partial charge is 0.280 e. The molecular weight excluding hydrogens is 287 g/mol. The molecule has 0 saturated carbocycles. The van der Waals surface area contributed by atoms with Gasteiger partial charge in [0.2, 0.25) is 0 Å². The minimum Gasteiger partial charge on any atom is -0.280 e. The zero-order chi connectivity index (χ0) is 14.8. The minimum atomic E-state index is -4.13. The molecule has 104 valence electrons. The molecular formula is C12H9FN2O4S. The molecule has 0 aliphatic heterocycles. The maximum Gasteiger partial charge on any atom is 0.272 e. The molecule has 2 rings (SSSR count). The summed E-state index contributed by atoms with van der Waals surface area (Å²) in [6.07, 6.45) is 0. The number of para-hydroxylation sites is 1. The van der Waals surface area contributed by atoms with Crippen molar-refractivity contribution in [3.05, 3.63) is 64.5 Å². The van der Waals surface area contributed by atoms with Gasteiger partial charge in [0.05, 0.1) is 11.0 Å². The third-order valence-corrected chi connectivity index (χ3v) is 3.86. The predicted octanol–water partition coefficient (Wildman–Crippen LogP) is 2.53. The molecule has 0 amide bonds. The van der Waals surface area contributed by atoms with E-state index in [4.69, 9.17) is 0 Å². The molecule has 0 heterocycles. The maximum atomic E-state index is 13.7. The van der Waals surface area contributed by atoms with Gasteiger partial charge < -0.3 is 0 Å². The first-order chi connectivity index (χ1) is 9.40. The Labute approximate surface area is 114 Å². The van der Waals surface area contributed by atoms with Gasteiger partial charge in [0.25, 0.3) is 15.7 Å². The number of nitrogens with zero attached hydrogens (tertiary/aromatic N) is 1. The highest BCUT2D eigenvalue weighted by molar-refractivity contribution is 7.92. The van der Waals surface area contributed by atoms with Crippen molar-refractivity contribution in [1.82, 2.24) is 0 Å². The number of hydrogen-bond acceptors (Lipinski definition) is 4. The monoisotopic (exact) mass is 296 g/mol. The van der Waals surface area contributed by atoms with Gasteiger partial charge in [-0.3, -0.25) is 14.8 Å². The van der Waals surface area contributed by atoms with Crippen LogP contribution in [0.2, 0.25) is 0 Å². The highest BCUT2D eigenvalue weighted by Crippen LogP contribution is 2.22. The molecule has 0 saturated heterocycles. The summed E-state index contributed by atoms with van der Waals surface area (Å²) in [5.74, 6) is -1.18. The molecule has 0 aromatic heterocycles. The fraction of sp³-hybridized carbons (Fsp3) is 0. The van der Waals surface area contributed by atoms with Crippen molar-refractivity contribution < 1.29 is 17.7 Å². The molecule has 2 aromatic rings. The normalized spacial score (nSPS) is 11.1. The lowest BCUT2D eigenvalue weighted by Gasteiger charge is -2.08. The minimum absolute atomic E-state index is 0.269. The number of hydrogen-bond donors (Lipinski definition) is 1. The molecule has 2 aromatic carbocycles. The first kappa shape index (κ1) is 13.9. The van der Waals surface area contributed by atoms with E-state index in [2.05, 4.69) is 4.72 Å². The SMILES string of the molecule is O=[N+]([O-])c1ccc(S(=O)(=O)Nc2ccccc2)c(F)c1. The highest BCUT2D eigenvalue weighted by atomic mass is 32.2. The number of non-ortho nitro benzene ring substituents is 1. The van der Waals surface area contributed by atoms with Gasteiger partial charge in [-0.25, -0.2) is 12.8 Å². The van der Waals surface area contributed by atoms with Gasteiger partial charge in [-0.2, -0.15) is 0 Å². The van der Waals surface area contributed by atoms with Crippen LogP contribution in [-0.4, -0.2) is 13.3 Å². The Morgan fingerprint density at radius 3 is 2.30 bits per heavy atom. The van der Waals surface area contributed by atoms with Crippen molar-refractivity contribution >= 4 is 21.4 Å². The number of nitrogens with one attached hydrogen (secondary N) is 1. The smallest absolute Gasteiger partial charge is 0.272 e. The second-order valence-electron chi connectivity index (χ2n) is 3.84. The summed E-state index contributed by atoms with van der Waals surface area (Å²) in [5.41, 5.74) is -0.244. The van der Waals surface area contributed by atoms with Crippen LogP contribution in [0.4, 0.5) is 15.8 Å². The van der Waals surface area contributed by atoms with Crippen molar-refractivity contribution in [2.45, 2.75) is 4.90 Å². The van der Waals surface area contributed by atoms with Crippen LogP contribution in [0.25, 0.3) is 0 Å². The molecule has 20 heavy (non-hydrogen) atoms. The van der Waals surface area contributed by atoms with Crippen molar-refractivity contribution in [3.63, 3.8) is 0 Å². The van der Waals surface area contributed by atoms with E-state index >= 15 is 0 Å². The molecule has 6 nitrogen and oxygen atoms in total. The summed E-state index contributed by atoms with van der Waals surface area (Å²) < 4.78 is 39.8. The number of rotatable bonds is 4. The number of nitro benzene ring substituents is 1. The molecule has 8 heteroatoms. The van der Waals surface area contributed by atoms with Crippen LogP contribution in [0.1, 0.15) is 0 Å². The Morgan fingerprint density at radius 1 is 1.10 bits per heavy atom. The van der Waals surface area contributed by atoms with Gasteiger partial charge in [0.1, 0.15) is 4.90 Å². The zero-order valence-corrected chi connectivity index (χ0v) is 10.8. The maximum absolute atomic E-state index is 13.7. The van der Waals surface area contributed by atoms with Crippen LogP contribution >= 0.6 is 0 Å². The first-order valence-electron chi connectivity index (χ1n) is 5.42. The van der Waals surface area contributed by atoms with Crippen LogP contribution in [0.5, 0.6) is 0 Å². The summed E-state index contributed by atoms with van der Waals surface area (Å²) >= 11 is 0. The van der Waals surface area contributed by atoms with Crippen molar-refractivity contribution in [1.29, 1.82) is 0 Å². The Morgan fingerprint density at radius 2 is 1.75 bits per heavy atom. The molecule has 0 aliphatic rings. The van der Waals surface area contributed by atoms with E-state index in [1.165, 1.54) is 12.1 Å². The molecule has 0 radical (unpaired) electrons. The summed E-state index contributed by atoms with van der Waals surface area (Å²) in [6.45, 7) is 0. The fourth-order valence-corrected chi connectivity index (χ4v) is 2.66. The van der Waals surface area contributed by atoms with E-state index in [0.717, 1.165) is 12.1 Å². The van der Waals surface area contributed by atoms with Crippen LogP contribution in [0, 0.1) is 15.9 Å². The predicted molar refractivity (Wildman–Crippen MR) is 70.3 cm³/mol. The van der Waals surface area contributed by atoms with E-state index < -0.39 is 31.3 Å². The van der Waals surface area contributed by atoms with Gasteiger partial charge in [0, 0.05) is 11.8 Å². The molecule has 0 atom stereocenters. The Balaban J connectivity index is 2.37. The average Bonchev–Trinajstić information content (AvgIpc) is 2.38. The number of anilines is 1. The van der Waals surface area contributed by atoms with E-state index in [0.29, 0.717) is 6.07 Å². The summed E-state index contributed by atoms with van der Waals surface area (Å²) in [7, 11) is -4.13. The van der Waals surface area contributed by atoms with Gasteiger partial charge in [0.15, 0.2) is 5.82 Å². The van der Waals surface area contributed by atoms with Crippen LogP contribution < -0.4 is 4.72 Å². The van der Waals surface area contributed by atoms with Gasteiger partial charge in [-0.05, 0) is 18.2 Å². The lowest BCUT2D eigenvalue weighted by Crippen LogP contribution is -2.14.